The molecule has 1 aromatic carbocycles. The molecule has 1 aromatic heterocycles. The van der Waals surface area contributed by atoms with E-state index in [-0.39, 0.29) is 0 Å². The number of pyridine rings is 1. The molecule has 0 amide bonds. The Kier molecular flexibility index (Phi) is 4.35. The smallest absolute Gasteiger partial charge is 0.0531 e. The molecule has 0 radical (unpaired) electrons. The molecular formula is C16H20N2. The summed E-state index contributed by atoms with van der Waals surface area (Å²) in [4.78, 5) is 4.19. The summed E-state index contributed by atoms with van der Waals surface area (Å²) in [5, 5.41) is 3.49. The first-order valence-corrected chi connectivity index (χ1v) is 6.46. The second-order valence-corrected chi connectivity index (χ2v) is 4.82. The first kappa shape index (κ1) is 12.6. The molecule has 2 rings (SSSR count). The van der Waals surface area contributed by atoms with Gasteiger partial charge in [-0.25, -0.2) is 0 Å². The van der Waals surface area contributed by atoms with E-state index in [9.17, 15) is 0 Å². The molecule has 0 fully saturated rings. The van der Waals surface area contributed by atoms with Crippen molar-refractivity contribution in [2.45, 2.75) is 32.7 Å². The van der Waals surface area contributed by atoms with Gasteiger partial charge < -0.3 is 5.32 Å². The Morgan fingerprint density at radius 3 is 2.67 bits per heavy atom. The van der Waals surface area contributed by atoms with Crippen LogP contribution in [0.4, 0.5) is 5.69 Å². The standard InChI is InChI=1S/C16H20N2/c1-13-10-16(12-17-11-13)18-14(2)8-9-15-6-4-3-5-7-15/h3-7,10-12,14,18H,8-9H2,1-2H3. The molecule has 0 saturated heterocycles. The Hall–Kier alpha value is -1.83. The van der Waals surface area contributed by atoms with Gasteiger partial charge in [-0.05, 0) is 43.9 Å². The van der Waals surface area contributed by atoms with Crippen molar-refractivity contribution >= 4 is 5.69 Å². The number of hydrogen-bond donors (Lipinski definition) is 1. The minimum atomic E-state index is 0.453. The van der Waals surface area contributed by atoms with E-state index in [1.54, 1.807) is 0 Å². The highest BCUT2D eigenvalue weighted by molar-refractivity contribution is 5.43. The number of benzene rings is 1. The molecule has 0 bridgehead atoms. The van der Waals surface area contributed by atoms with Gasteiger partial charge in [-0.15, -0.1) is 0 Å². The highest BCUT2D eigenvalue weighted by Gasteiger charge is 2.03. The third-order valence-corrected chi connectivity index (χ3v) is 3.00. The van der Waals surface area contributed by atoms with Gasteiger partial charge >= 0.3 is 0 Å². The lowest BCUT2D eigenvalue weighted by molar-refractivity contribution is 0.705. The van der Waals surface area contributed by atoms with Crippen molar-refractivity contribution in [1.29, 1.82) is 0 Å². The highest BCUT2D eigenvalue weighted by Crippen LogP contribution is 2.12. The molecule has 0 saturated carbocycles. The van der Waals surface area contributed by atoms with Crippen LogP contribution in [0.2, 0.25) is 0 Å². The van der Waals surface area contributed by atoms with Gasteiger partial charge in [-0.1, -0.05) is 30.3 Å². The van der Waals surface area contributed by atoms with E-state index in [0.29, 0.717) is 6.04 Å². The van der Waals surface area contributed by atoms with Gasteiger partial charge in [0.1, 0.15) is 0 Å². The van der Waals surface area contributed by atoms with Crippen molar-refractivity contribution in [3.63, 3.8) is 0 Å². The van der Waals surface area contributed by atoms with Crippen LogP contribution in [0.1, 0.15) is 24.5 Å². The van der Waals surface area contributed by atoms with E-state index < -0.39 is 0 Å². The fourth-order valence-corrected chi connectivity index (χ4v) is 2.02. The maximum atomic E-state index is 4.19. The maximum absolute atomic E-state index is 4.19. The molecule has 2 heteroatoms. The second-order valence-electron chi connectivity index (χ2n) is 4.82. The van der Waals surface area contributed by atoms with Crippen LogP contribution in [0.25, 0.3) is 0 Å². The fourth-order valence-electron chi connectivity index (χ4n) is 2.02. The lowest BCUT2D eigenvalue weighted by Crippen LogP contribution is -2.16. The quantitative estimate of drug-likeness (QED) is 0.859. The molecule has 1 atom stereocenters. The maximum Gasteiger partial charge on any atom is 0.0531 e. The Morgan fingerprint density at radius 2 is 1.94 bits per heavy atom. The van der Waals surface area contributed by atoms with E-state index in [1.165, 1.54) is 11.1 Å². The van der Waals surface area contributed by atoms with Crippen LogP contribution < -0.4 is 5.32 Å². The number of hydrogen-bond acceptors (Lipinski definition) is 2. The van der Waals surface area contributed by atoms with Gasteiger partial charge in [0.25, 0.3) is 0 Å². The van der Waals surface area contributed by atoms with E-state index in [1.807, 2.05) is 12.4 Å². The predicted molar refractivity (Wildman–Crippen MR) is 76.8 cm³/mol. The first-order chi connectivity index (χ1) is 8.74. The number of anilines is 1. The molecule has 1 heterocycles. The molecule has 94 valence electrons. The normalized spacial score (nSPS) is 12.1. The third kappa shape index (κ3) is 3.88. The van der Waals surface area contributed by atoms with Gasteiger partial charge in [0.2, 0.25) is 0 Å². The summed E-state index contributed by atoms with van der Waals surface area (Å²) in [6.45, 7) is 4.28. The molecule has 18 heavy (non-hydrogen) atoms. The summed E-state index contributed by atoms with van der Waals surface area (Å²) in [7, 11) is 0. The average Bonchev–Trinajstić information content (AvgIpc) is 2.38. The van der Waals surface area contributed by atoms with Crippen molar-refractivity contribution in [3.05, 3.63) is 59.9 Å². The van der Waals surface area contributed by atoms with E-state index in [0.717, 1.165) is 18.5 Å². The Balaban J connectivity index is 1.84. The third-order valence-electron chi connectivity index (χ3n) is 3.00. The summed E-state index contributed by atoms with van der Waals surface area (Å²) < 4.78 is 0. The monoisotopic (exact) mass is 240 g/mol. The molecule has 0 aliphatic carbocycles. The number of nitrogens with zero attached hydrogens (tertiary/aromatic N) is 1. The summed E-state index contributed by atoms with van der Waals surface area (Å²) in [6, 6.07) is 13.2. The van der Waals surface area contributed by atoms with Crippen molar-refractivity contribution in [3.8, 4) is 0 Å². The van der Waals surface area contributed by atoms with Crippen molar-refractivity contribution in [1.82, 2.24) is 4.98 Å². The second kappa shape index (κ2) is 6.20. The van der Waals surface area contributed by atoms with Crippen LogP contribution >= 0.6 is 0 Å². The SMILES string of the molecule is Cc1cncc(NC(C)CCc2ccccc2)c1. The minimum absolute atomic E-state index is 0.453. The minimum Gasteiger partial charge on any atom is -0.381 e. The van der Waals surface area contributed by atoms with Gasteiger partial charge in [0.05, 0.1) is 5.69 Å². The van der Waals surface area contributed by atoms with Crippen LogP contribution in [-0.4, -0.2) is 11.0 Å². The molecule has 1 unspecified atom stereocenters. The van der Waals surface area contributed by atoms with Crippen LogP contribution in [0.15, 0.2) is 48.8 Å². The zero-order chi connectivity index (χ0) is 12.8. The number of rotatable bonds is 5. The Morgan fingerprint density at radius 1 is 1.17 bits per heavy atom. The first-order valence-electron chi connectivity index (χ1n) is 6.46. The fraction of sp³-hybridized carbons (Fsp3) is 0.312. The largest absolute Gasteiger partial charge is 0.381 e. The molecule has 2 aromatic rings. The van der Waals surface area contributed by atoms with Gasteiger partial charge in [0.15, 0.2) is 0 Å². The number of aromatic nitrogens is 1. The molecule has 0 aliphatic rings. The van der Waals surface area contributed by atoms with Crippen LogP contribution in [0.5, 0.6) is 0 Å². The average molecular weight is 240 g/mol. The van der Waals surface area contributed by atoms with Gasteiger partial charge in [0, 0.05) is 18.4 Å². The lowest BCUT2D eigenvalue weighted by Gasteiger charge is -2.15. The summed E-state index contributed by atoms with van der Waals surface area (Å²) in [6.07, 6.45) is 5.98. The van der Waals surface area contributed by atoms with Gasteiger partial charge in [-0.2, -0.15) is 0 Å². The number of aryl methyl sites for hydroxylation is 2. The summed E-state index contributed by atoms with van der Waals surface area (Å²) in [5.41, 5.74) is 3.69. The Labute approximate surface area is 109 Å². The van der Waals surface area contributed by atoms with Gasteiger partial charge in [-0.3, -0.25) is 4.98 Å². The zero-order valence-electron chi connectivity index (χ0n) is 11.1. The molecule has 0 aliphatic heterocycles. The van der Waals surface area contributed by atoms with Crippen LogP contribution in [0, 0.1) is 6.92 Å². The molecule has 0 spiro atoms. The molecular weight excluding hydrogens is 220 g/mol. The van der Waals surface area contributed by atoms with Crippen molar-refractivity contribution < 1.29 is 0 Å². The highest BCUT2D eigenvalue weighted by atomic mass is 14.9. The molecule has 2 nitrogen and oxygen atoms in total. The number of nitrogens with one attached hydrogen (secondary N) is 1. The zero-order valence-corrected chi connectivity index (χ0v) is 11.1. The topological polar surface area (TPSA) is 24.9 Å². The van der Waals surface area contributed by atoms with Crippen molar-refractivity contribution in [2.75, 3.05) is 5.32 Å². The van der Waals surface area contributed by atoms with E-state index in [4.69, 9.17) is 0 Å². The molecule has 1 N–H and O–H groups in total. The predicted octanol–water partition coefficient (Wildman–Crippen LogP) is 3.82. The van der Waals surface area contributed by atoms with Crippen LogP contribution in [-0.2, 0) is 6.42 Å². The Bertz CT molecular complexity index is 479. The van der Waals surface area contributed by atoms with E-state index in [2.05, 4.69) is 60.5 Å². The summed E-state index contributed by atoms with van der Waals surface area (Å²) >= 11 is 0. The lowest BCUT2D eigenvalue weighted by atomic mass is 10.1. The van der Waals surface area contributed by atoms with Crippen molar-refractivity contribution in [2.24, 2.45) is 0 Å². The van der Waals surface area contributed by atoms with Crippen LogP contribution in [0.3, 0.4) is 0 Å². The van der Waals surface area contributed by atoms with E-state index >= 15 is 0 Å². The summed E-state index contributed by atoms with van der Waals surface area (Å²) in [5.74, 6) is 0.